The van der Waals surface area contributed by atoms with Crippen molar-refractivity contribution in [2.24, 2.45) is 0 Å². The summed E-state index contributed by atoms with van der Waals surface area (Å²) in [5.74, 6) is 0.500. The normalized spacial score (nSPS) is 10.6. The van der Waals surface area contributed by atoms with Crippen molar-refractivity contribution < 1.29 is 18.4 Å². The highest BCUT2D eigenvalue weighted by Crippen LogP contribution is 2.25. The molecule has 128 valence electrons. The predicted octanol–water partition coefficient (Wildman–Crippen LogP) is 4.27. The zero-order chi connectivity index (χ0) is 17.5. The Morgan fingerprint density at radius 1 is 1.00 bits per heavy atom. The quantitative estimate of drug-likeness (QED) is 0.654. The van der Waals surface area contributed by atoms with Crippen molar-refractivity contribution in [1.29, 1.82) is 0 Å². The molecular formula is C20H18FNO3. The third-order valence-corrected chi connectivity index (χ3v) is 3.67. The minimum atomic E-state index is -0.338. The molecule has 1 N–H and O–H groups in total. The van der Waals surface area contributed by atoms with Crippen LogP contribution in [-0.2, 0) is 22.7 Å². The Labute approximate surface area is 145 Å². The van der Waals surface area contributed by atoms with Gasteiger partial charge in [-0.05, 0) is 29.8 Å². The van der Waals surface area contributed by atoms with Gasteiger partial charge in [-0.15, -0.1) is 0 Å². The van der Waals surface area contributed by atoms with Crippen LogP contribution in [0.2, 0.25) is 0 Å². The Morgan fingerprint density at radius 3 is 2.56 bits per heavy atom. The van der Waals surface area contributed by atoms with Crippen molar-refractivity contribution in [1.82, 2.24) is 5.48 Å². The number of hydroxylamine groups is 1. The molecule has 0 atom stereocenters. The molecule has 0 unspecified atom stereocenters. The smallest absolute Gasteiger partial charge is 0.243 e. The van der Waals surface area contributed by atoms with Crippen LogP contribution in [0.25, 0.3) is 11.3 Å². The number of benzene rings is 2. The summed E-state index contributed by atoms with van der Waals surface area (Å²) in [6.07, 6.45) is 0.633. The Hall–Kier alpha value is -2.92. The average Bonchev–Trinajstić information content (AvgIpc) is 3.10. The first-order valence-electron chi connectivity index (χ1n) is 8.00. The molecule has 0 spiro atoms. The highest BCUT2D eigenvalue weighted by molar-refractivity contribution is 5.75. The zero-order valence-corrected chi connectivity index (χ0v) is 13.6. The van der Waals surface area contributed by atoms with Gasteiger partial charge in [0.15, 0.2) is 0 Å². The fraction of sp³-hybridized carbons (Fsp3) is 0.150. The first-order valence-corrected chi connectivity index (χ1v) is 8.00. The molecule has 0 saturated carbocycles. The lowest BCUT2D eigenvalue weighted by Gasteiger charge is -2.05. The van der Waals surface area contributed by atoms with E-state index in [1.54, 1.807) is 30.3 Å². The van der Waals surface area contributed by atoms with Gasteiger partial charge in [-0.25, -0.2) is 9.87 Å². The second-order valence-electron chi connectivity index (χ2n) is 5.55. The molecule has 0 radical (unpaired) electrons. The Morgan fingerprint density at radius 2 is 1.76 bits per heavy atom. The van der Waals surface area contributed by atoms with Gasteiger partial charge >= 0.3 is 0 Å². The van der Waals surface area contributed by atoms with Gasteiger partial charge < -0.3 is 4.42 Å². The summed E-state index contributed by atoms with van der Waals surface area (Å²) in [7, 11) is 0. The average molecular weight is 339 g/mol. The lowest BCUT2D eigenvalue weighted by Crippen LogP contribution is -2.23. The highest BCUT2D eigenvalue weighted by Gasteiger charge is 2.10. The van der Waals surface area contributed by atoms with E-state index in [0.29, 0.717) is 30.1 Å². The van der Waals surface area contributed by atoms with E-state index >= 15 is 0 Å². The standard InChI is InChI=1S/C20H18FNO3/c21-18-9-5-4-8-17(18)19-12-10-16(25-19)11-13-20(23)22-24-14-15-6-2-1-3-7-15/h1-10,12H,11,13-14H2,(H,22,23). The monoisotopic (exact) mass is 339 g/mol. The van der Waals surface area contributed by atoms with Crippen LogP contribution in [0, 0.1) is 5.82 Å². The number of nitrogens with one attached hydrogen (secondary N) is 1. The first kappa shape index (κ1) is 16.9. The number of rotatable bonds is 7. The fourth-order valence-corrected chi connectivity index (χ4v) is 2.38. The maximum Gasteiger partial charge on any atom is 0.243 e. The van der Waals surface area contributed by atoms with Gasteiger partial charge in [0.1, 0.15) is 17.3 Å². The predicted molar refractivity (Wildman–Crippen MR) is 91.8 cm³/mol. The molecule has 0 saturated heterocycles. The van der Waals surface area contributed by atoms with Gasteiger partial charge in [0.2, 0.25) is 5.91 Å². The number of halogens is 1. The van der Waals surface area contributed by atoms with Crippen LogP contribution in [0.1, 0.15) is 17.7 Å². The molecule has 3 rings (SSSR count). The van der Waals surface area contributed by atoms with Crippen LogP contribution < -0.4 is 5.48 Å². The van der Waals surface area contributed by atoms with Gasteiger partial charge in [0.05, 0.1) is 12.2 Å². The summed E-state index contributed by atoms with van der Waals surface area (Å²) < 4.78 is 19.4. The van der Waals surface area contributed by atoms with Crippen LogP contribution in [-0.4, -0.2) is 5.91 Å². The molecule has 0 aliphatic carbocycles. The van der Waals surface area contributed by atoms with E-state index < -0.39 is 0 Å². The Bertz CT molecular complexity index is 830. The number of amides is 1. The number of furan rings is 1. The van der Waals surface area contributed by atoms with Gasteiger partial charge in [0.25, 0.3) is 0 Å². The van der Waals surface area contributed by atoms with Crippen molar-refractivity contribution >= 4 is 5.91 Å². The molecular weight excluding hydrogens is 321 g/mol. The van der Waals surface area contributed by atoms with Gasteiger partial charge in [0, 0.05) is 12.8 Å². The number of carbonyl (C=O) groups excluding carboxylic acids is 1. The van der Waals surface area contributed by atoms with E-state index in [9.17, 15) is 9.18 Å². The van der Waals surface area contributed by atoms with Crippen LogP contribution >= 0.6 is 0 Å². The zero-order valence-electron chi connectivity index (χ0n) is 13.6. The molecule has 5 heteroatoms. The van der Waals surface area contributed by atoms with Crippen molar-refractivity contribution in [3.8, 4) is 11.3 Å². The summed E-state index contributed by atoms with van der Waals surface area (Å²) >= 11 is 0. The third kappa shape index (κ3) is 4.78. The molecule has 0 aliphatic heterocycles. The largest absolute Gasteiger partial charge is 0.461 e. The second kappa shape index (κ2) is 8.26. The van der Waals surface area contributed by atoms with E-state index in [-0.39, 0.29) is 18.1 Å². The maximum atomic E-state index is 13.7. The number of carbonyl (C=O) groups is 1. The van der Waals surface area contributed by atoms with Crippen LogP contribution in [0.4, 0.5) is 4.39 Å². The Kier molecular flexibility index (Phi) is 5.59. The molecule has 1 aromatic heterocycles. The van der Waals surface area contributed by atoms with Gasteiger partial charge in [-0.1, -0.05) is 42.5 Å². The minimum Gasteiger partial charge on any atom is -0.461 e. The summed E-state index contributed by atoms with van der Waals surface area (Å²) in [6, 6.07) is 19.4. The Balaban J connectivity index is 1.46. The highest BCUT2D eigenvalue weighted by atomic mass is 19.1. The van der Waals surface area contributed by atoms with Crippen molar-refractivity contribution in [3.63, 3.8) is 0 Å². The van der Waals surface area contributed by atoms with E-state index in [2.05, 4.69) is 5.48 Å². The molecule has 3 aromatic rings. The van der Waals surface area contributed by atoms with E-state index in [1.807, 2.05) is 30.3 Å². The maximum absolute atomic E-state index is 13.7. The minimum absolute atomic E-state index is 0.221. The molecule has 0 aliphatic rings. The van der Waals surface area contributed by atoms with E-state index in [1.165, 1.54) is 6.07 Å². The van der Waals surface area contributed by atoms with Crippen molar-refractivity contribution in [3.05, 3.63) is 83.9 Å². The lowest BCUT2D eigenvalue weighted by molar-refractivity contribution is -0.134. The van der Waals surface area contributed by atoms with Crippen molar-refractivity contribution in [2.45, 2.75) is 19.4 Å². The van der Waals surface area contributed by atoms with Gasteiger partial charge in [-0.2, -0.15) is 0 Å². The SMILES string of the molecule is O=C(CCc1ccc(-c2ccccc2F)o1)NOCc1ccccc1. The third-order valence-electron chi connectivity index (χ3n) is 3.67. The van der Waals surface area contributed by atoms with Crippen molar-refractivity contribution in [2.75, 3.05) is 0 Å². The second-order valence-corrected chi connectivity index (χ2v) is 5.55. The molecule has 2 aromatic carbocycles. The number of hydrogen-bond acceptors (Lipinski definition) is 3. The number of aryl methyl sites for hydroxylation is 1. The summed E-state index contributed by atoms with van der Waals surface area (Å²) in [5, 5.41) is 0. The molecule has 0 bridgehead atoms. The van der Waals surface area contributed by atoms with Crippen LogP contribution in [0.15, 0.2) is 71.1 Å². The van der Waals surface area contributed by atoms with E-state index in [0.717, 1.165) is 5.56 Å². The first-order chi connectivity index (χ1) is 12.2. The van der Waals surface area contributed by atoms with E-state index in [4.69, 9.17) is 9.25 Å². The topological polar surface area (TPSA) is 51.5 Å². The van der Waals surface area contributed by atoms with Crippen LogP contribution in [0.3, 0.4) is 0 Å². The molecule has 0 fully saturated rings. The molecule has 1 amide bonds. The van der Waals surface area contributed by atoms with Crippen LogP contribution in [0.5, 0.6) is 0 Å². The molecule has 1 heterocycles. The number of hydrogen-bond donors (Lipinski definition) is 1. The van der Waals surface area contributed by atoms with Gasteiger partial charge in [-0.3, -0.25) is 9.63 Å². The lowest BCUT2D eigenvalue weighted by atomic mass is 10.1. The summed E-state index contributed by atoms with van der Waals surface area (Å²) in [4.78, 5) is 17.0. The fourth-order valence-electron chi connectivity index (χ4n) is 2.38. The summed E-state index contributed by atoms with van der Waals surface area (Å²) in [5.41, 5.74) is 3.79. The molecule has 25 heavy (non-hydrogen) atoms. The summed E-state index contributed by atoms with van der Waals surface area (Å²) in [6.45, 7) is 0.310. The molecule has 4 nitrogen and oxygen atoms in total.